The molecular weight excluding hydrogens is 244 g/mol. The summed E-state index contributed by atoms with van der Waals surface area (Å²) in [6.07, 6.45) is 6.65. The lowest BCUT2D eigenvalue weighted by Crippen LogP contribution is -2.18. The maximum Gasteiger partial charge on any atom is 0.0918 e. The van der Waals surface area contributed by atoms with Crippen LogP contribution in [0.3, 0.4) is 0 Å². The van der Waals surface area contributed by atoms with Crippen LogP contribution in [0.4, 0.5) is 5.69 Å². The van der Waals surface area contributed by atoms with Crippen LogP contribution in [-0.2, 0) is 0 Å². The van der Waals surface area contributed by atoms with Crippen molar-refractivity contribution in [2.45, 2.75) is 64.7 Å². The molecule has 0 saturated heterocycles. The van der Waals surface area contributed by atoms with Gasteiger partial charge in [0.25, 0.3) is 0 Å². The van der Waals surface area contributed by atoms with Crippen LogP contribution in [0, 0.1) is 11.3 Å². The molecule has 0 aromatic heterocycles. The van der Waals surface area contributed by atoms with Crippen LogP contribution in [-0.4, -0.2) is 6.01 Å². The van der Waals surface area contributed by atoms with Crippen LogP contribution in [0.2, 0.25) is 0 Å². The molecule has 1 aromatic rings. The summed E-state index contributed by atoms with van der Waals surface area (Å²) < 4.78 is 0. The molecule has 1 aliphatic rings. The molecule has 0 radical (unpaired) electrons. The molecule has 0 heterocycles. The standard InChI is InChI=1S/C18H26N2/c1-4-14-8-5-6-9-15(14)16-10-7-11-17(20-12-19)18(16)13(2)3/h7,10-11,13-15,19H,4-6,8-9H2,1-3H3. The van der Waals surface area contributed by atoms with Crippen molar-refractivity contribution in [2.75, 3.05) is 0 Å². The number of rotatable bonds is 4. The first kappa shape index (κ1) is 15.0. The lowest BCUT2D eigenvalue weighted by Gasteiger charge is -2.33. The highest BCUT2D eigenvalue weighted by atomic mass is 14.7. The van der Waals surface area contributed by atoms with Gasteiger partial charge >= 0.3 is 0 Å². The highest BCUT2D eigenvalue weighted by Gasteiger charge is 2.28. The minimum atomic E-state index is 0.442. The van der Waals surface area contributed by atoms with Crippen molar-refractivity contribution in [3.63, 3.8) is 0 Å². The summed E-state index contributed by atoms with van der Waals surface area (Å²) in [6.45, 7) is 6.77. The fraction of sp³-hybridized carbons (Fsp3) is 0.611. The van der Waals surface area contributed by atoms with E-state index >= 15 is 0 Å². The van der Waals surface area contributed by atoms with Crippen molar-refractivity contribution in [2.24, 2.45) is 10.9 Å². The Balaban J connectivity index is 2.49. The Labute approximate surface area is 122 Å². The van der Waals surface area contributed by atoms with Crippen LogP contribution in [0.5, 0.6) is 0 Å². The van der Waals surface area contributed by atoms with E-state index in [4.69, 9.17) is 5.41 Å². The predicted octanol–water partition coefficient (Wildman–Crippen LogP) is 5.88. The van der Waals surface area contributed by atoms with Crippen molar-refractivity contribution in [1.82, 2.24) is 0 Å². The first-order valence-corrected chi connectivity index (χ1v) is 7.94. The third-order valence-electron chi connectivity index (χ3n) is 4.70. The largest absolute Gasteiger partial charge is 0.241 e. The fourth-order valence-electron chi connectivity index (χ4n) is 3.79. The number of nitrogens with zero attached hydrogens (tertiary/aromatic N) is 1. The van der Waals surface area contributed by atoms with E-state index < -0.39 is 0 Å². The Morgan fingerprint density at radius 1 is 1.30 bits per heavy atom. The van der Waals surface area contributed by atoms with Gasteiger partial charge in [0.1, 0.15) is 0 Å². The summed E-state index contributed by atoms with van der Waals surface area (Å²) in [7, 11) is 0. The maximum absolute atomic E-state index is 7.15. The summed E-state index contributed by atoms with van der Waals surface area (Å²) >= 11 is 0. The number of aliphatic imine (C=N–C) groups is 1. The molecule has 0 amide bonds. The molecule has 2 atom stereocenters. The molecule has 1 aliphatic carbocycles. The third-order valence-corrected chi connectivity index (χ3v) is 4.70. The second-order valence-corrected chi connectivity index (χ2v) is 6.22. The van der Waals surface area contributed by atoms with Gasteiger partial charge in [-0.25, -0.2) is 5.41 Å². The van der Waals surface area contributed by atoms with Crippen LogP contribution in [0.15, 0.2) is 23.2 Å². The van der Waals surface area contributed by atoms with Crippen molar-refractivity contribution in [1.29, 1.82) is 5.41 Å². The fourth-order valence-corrected chi connectivity index (χ4v) is 3.79. The molecule has 20 heavy (non-hydrogen) atoms. The van der Waals surface area contributed by atoms with Gasteiger partial charge < -0.3 is 0 Å². The normalized spacial score (nSPS) is 22.6. The minimum Gasteiger partial charge on any atom is -0.241 e. The molecule has 0 spiro atoms. The maximum atomic E-state index is 7.15. The molecule has 1 N–H and O–H groups in total. The van der Waals surface area contributed by atoms with E-state index in [-0.39, 0.29) is 0 Å². The lowest BCUT2D eigenvalue weighted by molar-refractivity contribution is 0.298. The summed E-state index contributed by atoms with van der Waals surface area (Å²) in [6, 6.07) is 8.61. The Hall–Kier alpha value is -1.40. The van der Waals surface area contributed by atoms with Gasteiger partial charge in [-0.15, -0.1) is 0 Å². The number of benzene rings is 1. The molecule has 2 rings (SSSR count). The number of hydrogen-bond acceptors (Lipinski definition) is 2. The minimum absolute atomic E-state index is 0.442. The highest BCUT2D eigenvalue weighted by Crippen LogP contribution is 2.44. The van der Waals surface area contributed by atoms with E-state index in [1.165, 1.54) is 43.2 Å². The molecule has 2 unspecified atom stereocenters. The summed E-state index contributed by atoms with van der Waals surface area (Å²) in [5, 5.41) is 7.15. The van der Waals surface area contributed by atoms with Gasteiger partial charge in [0.15, 0.2) is 0 Å². The van der Waals surface area contributed by atoms with E-state index in [0.717, 1.165) is 11.6 Å². The van der Waals surface area contributed by atoms with Crippen molar-refractivity contribution < 1.29 is 0 Å². The van der Waals surface area contributed by atoms with Gasteiger partial charge in [0.2, 0.25) is 0 Å². The highest BCUT2D eigenvalue weighted by molar-refractivity contribution is 5.58. The van der Waals surface area contributed by atoms with Crippen molar-refractivity contribution in [3.05, 3.63) is 29.3 Å². The third kappa shape index (κ3) is 3.02. The summed E-state index contributed by atoms with van der Waals surface area (Å²) in [5.74, 6) is 1.92. The molecule has 0 aliphatic heterocycles. The quantitative estimate of drug-likeness (QED) is 0.663. The molecule has 1 aromatic carbocycles. The van der Waals surface area contributed by atoms with Crippen molar-refractivity contribution in [3.8, 4) is 0 Å². The predicted molar refractivity (Wildman–Crippen MR) is 85.3 cm³/mol. The number of nitrogens with one attached hydrogen (secondary N) is 1. The molecule has 0 bridgehead atoms. The smallest absolute Gasteiger partial charge is 0.0918 e. The zero-order valence-corrected chi connectivity index (χ0v) is 12.9. The SMILES string of the molecule is CCC1CCCCC1c1cccc(N=C=N)c1C(C)C. The van der Waals surface area contributed by atoms with Gasteiger partial charge in [-0.05, 0) is 47.8 Å². The van der Waals surface area contributed by atoms with E-state index in [1.54, 1.807) is 0 Å². The molecule has 2 nitrogen and oxygen atoms in total. The molecular formula is C18H26N2. The van der Waals surface area contributed by atoms with Gasteiger partial charge in [-0.3, -0.25) is 0 Å². The van der Waals surface area contributed by atoms with E-state index in [9.17, 15) is 0 Å². The molecule has 2 heteroatoms. The van der Waals surface area contributed by atoms with E-state index in [2.05, 4.69) is 43.9 Å². The average molecular weight is 270 g/mol. The zero-order chi connectivity index (χ0) is 14.5. The first-order valence-electron chi connectivity index (χ1n) is 7.94. The first-order chi connectivity index (χ1) is 9.69. The van der Waals surface area contributed by atoms with Gasteiger partial charge in [0, 0.05) is 0 Å². The van der Waals surface area contributed by atoms with Crippen LogP contribution < -0.4 is 0 Å². The topological polar surface area (TPSA) is 36.2 Å². The second kappa shape index (κ2) is 6.85. The Morgan fingerprint density at radius 2 is 2.05 bits per heavy atom. The summed E-state index contributed by atoms with van der Waals surface area (Å²) in [4.78, 5) is 4.15. The lowest BCUT2D eigenvalue weighted by atomic mass is 9.72. The Bertz CT molecular complexity index is 498. The Morgan fingerprint density at radius 3 is 2.70 bits per heavy atom. The zero-order valence-electron chi connectivity index (χ0n) is 12.9. The van der Waals surface area contributed by atoms with E-state index in [0.29, 0.717) is 11.8 Å². The van der Waals surface area contributed by atoms with Crippen LogP contribution in [0.1, 0.15) is 75.8 Å². The van der Waals surface area contributed by atoms with Crippen LogP contribution in [0.25, 0.3) is 0 Å². The van der Waals surface area contributed by atoms with Gasteiger partial charge in [0.05, 0.1) is 11.7 Å². The van der Waals surface area contributed by atoms with Gasteiger partial charge in [-0.2, -0.15) is 4.99 Å². The van der Waals surface area contributed by atoms with Crippen molar-refractivity contribution >= 4 is 11.7 Å². The average Bonchev–Trinajstić information content (AvgIpc) is 2.47. The Kier molecular flexibility index (Phi) is 5.14. The number of hydrogen-bond donors (Lipinski definition) is 1. The van der Waals surface area contributed by atoms with Crippen LogP contribution >= 0.6 is 0 Å². The second-order valence-electron chi connectivity index (χ2n) is 6.22. The monoisotopic (exact) mass is 270 g/mol. The molecule has 108 valence electrons. The van der Waals surface area contributed by atoms with E-state index in [1.807, 2.05) is 6.07 Å². The molecule has 1 fully saturated rings. The van der Waals surface area contributed by atoms with Gasteiger partial charge in [-0.1, -0.05) is 52.2 Å². The molecule has 1 saturated carbocycles. The summed E-state index contributed by atoms with van der Waals surface area (Å²) in [5.41, 5.74) is 3.74.